The minimum Gasteiger partial charge on any atom is -0.295 e. The second-order valence-electron chi connectivity index (χ2n) is 5.05. The Bertz CT molecular complexity index is 513. The van der Waals surface area contributed by atoms with Gasteiger partial charge in [0.15, 0.2) is 5.78 Å². The van der Waals surface area contributed by atoms with Crippen molar-refractivity contribution in [1.82, 2.24) is 4.90 Å². The lowest BCUT2D eigenvalue weighted by Crippen LogP contribution is -2.32. The molecule has 0 spiro atoms. The Hall–Kier alpha value is -1.67. The molecule has 2 aliphatic rings. The van der Waals surface area contributed by atoms with Gasteiger partial charge in [-0.1, -0.05) is 36.4 Å². The van der Waals surface area contributed by atoms with Crippen LogP contribution in [0.5, 0.6) is 0 Å². The van der Waals surface area contributed by atoms with Crippen LogP contribution in [0.15, 0.2) is 53.6 Å². The van der Waals surface area contributed by atoms with Gasteiger partial charge in [0.25, 0.3) is 0 Å². The summed E-state index contributed by atoms with van der Waals surface area (Å²) in [6.07, 6.45) is 5.44. The van der Waals surface area contributed by atoms with Crippen LogP contribution >= 0.6 is 0 Å². The van der Waals surface area contributed by atoms with Crippen molar-refractivity contribution in [2.75, 3.05) is 13.1 Å². The topological polar surface area (TPSA) is 20.3 Å². The minimum absolute atomic E-state index is 0.246. The van der Waals surface area contributed by atoms with Crippen molar-refractivity contribution in [2.24, 2.45) is 0 Å². The summed E-state index contributed by atoms with van der Waals surface area (Å²) in [6, 6.07) is 10.5. The summed E-state index contributed by atoms with van der Waals surface area (Å²) < 4.78 is 0. The Morgan fingerprint density at radius 1 is 1.11 bits per heavy atom. The average molecular weight is 239 g/mol. The van der Waals surface area contributed by atoms with E-state index in [2.05, 4.69) is 29.2 Å². The van der Waals surface area contributed by atoms with Gasteiger partial charge < -0.3 is 0 Å². The van der Waals surface area contributed by atoms with Gasteiger partial charge in [-0.05, 0) is 29.2 Å². The van der Waals surface area contributed by atoms with Gasteiger partial charge in [0.2, 0.25) is 0 Å². The predicted octanol–water partition coefficient (Wildman–Crippen LogP) is 2.72. The zero-order chi connectivity index (χ0) is 12.4. The van der Waals surface area contributed by atoms with E-state index in [0.717, 1.165) is 26.1 Å². The van der Waals surface area contributed by atoms with Gasteiger partial charge in [-0.15, -0.1) is 0 Å². The predicted molar refractivity (Wildman–Crippen MR) is 72.1 cm³/mol. The maximum atomic E-state index is 11.4. The van der Waals surface area contributed by atoms with Crippen LogP contribution in [0.1, 0.15) is 18.4 Å². The zero-order valence-electron chi connectivity index (χ0n) is 10.4. The Morgan fingerprint density at radius 3 is 2.78 bits per heavy atom. The lowest BCUT2D eigenvalue weighted by molar-refractivity contribution is -0.114. The second-order valence-corrected chi connectivity index (χ2v) is 5.05. The minimum atomic E-state index is 0.246. The van der Waals surface area contributed by atoms with E-state index in [-0.39, 0.29) is 5.78 Å². The molecular formula is C16H17NO. The summed E-state index contributed by atoms with van der Waals surface area (Å²) in [7, 11) is 0. The van der Waals surface area contributed by atoms with Crippen LogP contribution in [0.4, 0.5) is 0 Å². The molecule has 92 valence electrons. The molecule has 1 aliphatic carbocycles. The molecule has 0 radical (unpaired) electrons. The van der Waals surface area contributed by atoms with Crippen LogP contribution in [0.25, 0.3) is 0 Å². The van der Waals surface area contributed by atoms with Crippen LogP contribution in [0, 0.1) is 0 Å². The summed E-state index contributed by atoms with van der Waals surface area (Å²) in [6.45, 7) is 3.02. The fraction of sp³-hybridized carbons (Fsp3) is 0.312. The van der Waals surface area contributed by atoms with Crippen molar-refractivity contribution >= 4 is 5.78 Å². The van der Waals surface area contributed by atoms with Gasteiger partial charge in [0.05, 0.1) is 0 Å². The molecule has 3 rings (SSSR count). The normalized spacial score (nSPS) is 20.1. The van der Waals surface area contributed by atoms with Crippen LogP contribution in [0.2, 0.25) is 0 Å². The Balaban J connectivity index is 1.70. The Labute approximate surface area is 108 Å². The van der Waals surface area contributed by atoms with Gasteiger partial charge >= 0.3 is 0 Å². The molecule has 1 aromatic rings. The zero-order valence-corrected chi connectivity index (χ0v) is 10.4. The van der Waals surface area contributed by atoms with Crippen LogP contribution in [-0.2, 0) is 11.3 Å². The van der Waals surface area contributed by atoms with Crippen LogP contribution in [-0.4, -0.2) is 23.8 Å². The number of carbonyl (C=O) groups is 1. The van der Waals surface area contributed by atoms with Crippen molar-refractivity contribution in [1.29, 1.82) is 0 Å². The molecule has 1 aliphatic heterocycles. The highest BCUT2D eigenvalue weighted by molar-refractivity contribution is 5.93. The highest BCUT2D eigenvalue weighted by atomic mass is 16.1. The van der Waals surface area contributed by atoms with Gasteiger partial charge in [-0.2, -0.15) is 0 Å². The SMILES string of the molecule is O=C1C=CC2=C(C1)CN(Cc1ccccc1)CC2. The largest absolute Gasteiger partial charge is 0.295 e. The monoisotopic (exact) mass is 239 g/mol. The van der Waals surface area contributed by atoms with Crippen molar-refractivity contribution < 1.29 is 4.79 Å². The first kappa shape index (κ1) is 11.4. The summed E-state index contributed by atoms with van der Waals surface area (Å²) in [4.78, 5) is 13.9. The number of benzene rings is 1. The first-order chi connectivity index (χ1) is 8.81. The lowest BCUT2D eigenvalue weighted by atomic mass is 9.91. The van der Waals surface area contributed by atoms with Gasteiger partial charge in [0, 0.05) is 26.1 Å². The third-order valence-electron chi connectivity index (χ3n) is 3.67. The van der Waals surface area contributed by atoms with Crippen molar-refractivity contribution in [3.63, 3.8) is 0 Å². The molecule has 0 saturated carbocycles. The standard InChI is InChI=1S/C16H17NO/c18-16-7-6-14-8-9-17(12-15(14)10-16)11-13-4-2-1-3-5-13/h1-7H,8-12H2. The number of nitrogens with zero attached hydrogens (tertiary/aromatic N) is 1. The van der Waals surface area contributed by atoms with Crippen molar-refractivity contribution in [3.05, 3.63) is 59.2 Å². The quantitative estimate of drug-likeness (QED) is 0.791. The van der Waals surface area contributed by atoms with Crippen LogP contribution < -0.4 is 0 Å². The molecule has 0 bridgehead atoms. The summed E-state index contributed by atoms with van der Waals surface area (Å²) in [5.41, 5.74) is 4.06. The van der Waals surface area contributed by atoms with E-state index in [1.54, 1.807) is 6.08 Å². The molecule has 0 fully saturated rings. The molecule has 18 heavy (non-hydrogen) atoms. The second kappa shape index (κ2) is 4.91. The van der Waals surface area contributed by atoms with Crippen LogP contribution in [0.3, 0.4) is 0 Å². The Kier molecular flexibility index (Phi) is 3.11. The highest BCUT2D eigenvalue weighted by Gasteiger charge is 2.21. The first-order valence-corrected chi connectivity index (χ1v) is 6.49. The summed E-state index contributed by atoms with van der Waals surface area (Å²) >= 11 is 0. The molecule has 0 atom stereocenters. The number of rotatable bonds is 2. The van der Waals surface area contributed by atoms with Crippen molar-refractivity contribution in [2.45, 2.75) is 19.4 Å². The molecule has 0 N–H and O–H groups in total. The smallest absolute Gasteiger partial charge is 0.159 e. The maximum Gasteiger partial charge on any atom is 0.159 e. The van der Waals surface area contributed by atoms with Gasteiger partial charge in [0.1, 0.15) is 0 Å². The van der Waals surface area contributed by atoms with Gasteiger partial charge in [-0.25, -0.2) is 0 Å². The molecule has 2 heteroatoms. The lowest BCUT2D eigenvalue weighted by Gasteiger charge is -2.31. The van der Waals surface area contributed by atoms with E-state index in [0.29, 0.717) is 6.42 Å². The van der Waals surface area contributed by atoms with Crippen molar-refractivity contribution in [3.8, 4) is 0 Å². The third kappa shape index (κ3) is 2.44. The van der Waals surface area contributed by atoms with E-state index < -0.39 is 0 Å². The number of hydrogen-bond acceptors (Lipinski definition) is 2. The molecular weight excluding hydrogens is 222 g/mol. The fourth-order valence-electron chi connectivity index (χ4n) is 2.72. The number of allylic oxidation sites excluding steroid dienone is 2. The fourth-order valence-corrected chi connectivity index (χ4v) is 2.72. The summed E-state index contributed by atoms with van der Waals surface area (Å²) in [5.74, 6) is 0.246. The molecule has 2 nitrogen and oxygen atoms in total. The highest BCUT2D eigenvalue weighted by Crippen LogP contribution is 2.26. The summed E-state index contributed by atoms with van der Waals surface area (Å²) in [5, 5.41) is 0. The molecule has 1 heterocycles. The molecule has 0 saturated heterocycles. The molecule has 0 aromatic heterocycles. The number of hydrogen-bond donors (Lipinski definition) is 0. The third-order valence-corrected chi connectivity index (χ3v) is 3.67. The van der Waals surface area contributed by atoms with E-state index in [4.69, 9.17) is 0 Å². The average Bonchev–Trinajstić information content (AvgIpc) is 2.39. The van der Waals surface area contributed by atoms with E-state index in [1.807, 2.05) is 12.1 Å². The number of ketones is 1. The molecule has 0 unspecified atom stereocenters. The first-order valence-electron chi connectivity index (χ1n) is 6.49. The van der Waals surface area contributed by atoms with E-state index in [1.165, 1.54) is 16.7 Å². The van der Waals surface area contributed by atoms with Gasteiger partial charge in [-0.3, -0.25) is 9.69 Å². The maximum absolute atomic E-state index is 11.4. The van der Waals surface area contributed by atoms with E-state index in [9.17, 15) is 4.79 Å². The number of carbonyl (C=O) groups excluding carboxylic acids is 1. The Morgan fingerprint density at radius 2 is 1.94 bits per heavy atom. The molecule has 0 amide bonds. The molecule has 1 aromatic carbocycles. The van der Waals surface area contributed by atoms with E-state index >= 15 is 0 Å².